The molecule has 1 heterocycles. The molecular formula is C11H21NO4S2. The van der Waals surface area contributed by atoms with Crippen LogP contribution in [0.3, 0.4) is 0 Å². The minimum atomic E-state index is -3.29. The first kappa shape index (κ1) is 14.3. The van der Waals surface area contributed by atoms with E-state index in [-0.39, 0.29) is 11.8 Å². The first-order valence-electron chi connectivity index (χ1n) is 6.49. The lowest BCUT2D eigenvalue weighted by atomic mass is 10.0. The minimum absolute atomic E-state index is 0.150. The predicted molar refractivity (Wildman–Crippen MR) is 70.6 cm³/mol. The van der Waals surface area contributed by atoms with E-state index < -0.39 is 25.1 Å². The molecule has 1 unspecified atom stereocenters. The molecule has 2 rings (SSSR count). The standard InChI is InChI=1S/C11H21NO4S2/c1-17(13,14)11-7-8-12(9-11)18(15,16)10-5-3-2-4-6-10/h10-11H,2-9H2,1H3. The van der Waals surface area contributed by atoms with Crippen molar-refractivity contribution in [2.75, 3.05) is 19.3 Å². The van der Waals surface area contributed by atoms with Crippen molar-refractivity contribution in [3.63, 3.8) is 0 Å². The summed E-state index contributed by atoms with van der Waals surface area (Å²) in [6, 6.07) is 0. The highest BCUT2D eigenvalue weighted by Gasteiger charge is 2.40. The molecule has 1 aliphatic heterocycles. The van der Waals surface area contributed by atoms with Crippen LogP contribution in [0.4, 0.5) is 0 Å². The lowest BCUT2D eigenvalue weighted by molar-refractivity contribution is 0.428. The van der Waals surface area contributed by atoms with E-state index in [1.807, 2.05) is 0 Å². The molecule has 0 N–H and O–H groups in total. The number of hydrogen-bond donors (Lipinski definition) is 0. The van der Waals surface area contributed by atoms with Crippen LogP contribution in [0.5, 0.6) is 0 Å². The van der Waals surface area contributed by atoms with Crippen molar-refractivity contribution in [2.24, 2.45) is 0 Å². The van der Waals surface area contributed by atoms with E-state index >= 15 is 0 Å². The molecule has 1 aliphatic carbocycles. The number of sulfone groups is 1. The number of nitrogens with zero attached hydrogens (tertiary/aromatic N) is 1. The third-order valence-corrected chi connectivity index (χ3v) is 8.01. The summed E-state index contributed by atoms with van der Waals surface area (Å²) in [7, 11) is -6.42. The summed E-state index contributed by atoms with van der Waals surface area (Å²) in [5, 5.41) is -0.805. The van der Waals surface area contributed by atoms with Gasteiger partial charge in [-0.2, -0.15) is 0 Å². The van der Waals surface area contributed by atoms with Crippen molar-refractivity contribution in [2.45, 2.75) is 49.0 Å². The van der Waals surface area contributed by atoms with E-state index in [0.29, 0.717) is 13.0 Å². The van der Waals surface area contributed by atoms with Gasteiger partial charge in [-0.25, -0.2) is 21.1 Å². The van der Waals surface area contributed by atoms with Gasteiger partial charge in [-0.3, -0.25) is 0 Å². The van der Waals surface area contributed by atoms with Crippen molar-refractivity contribution in [3.05, 3.63) is 0 Å². The quantitative estimate of drug-likeness (QED) is 0.771. The number of rotatable bonds is 3. The maximum atomic E-state index is 12.4. The van der Waals surface area contributed by atoms with Crippen LogP contribution in [-0.4, -0.2) is 51.0 Å². The lowest BCUT2D eigenvalue weighted by Crippen LogP contribution is -2.39. The van der Waals surface area contributed by atoms with Crippen molar-refractivity contribution in [1.82, 2.24) is 4.31 Å². The van der Waals surface area contributed by atoms with E-state index in [1.54, 1.807) is 0 Å². The topological polar surface area (TPSA) is 71.5 Å². The van der Waals surface area contributed by atoms with Crippen LogP contribution in [0.2, 0.25) is 0 Å². The average Bonchev–Trinajstić information content (AvgIpc) is 2.79. The first-order chi connectivity index (χ1) is 8.32. The van der Waals surface area contributed by atoms with Crippen molar-refractivity contribution >= 4 is 19.9 Å². The second kappa shape index (κ2) is 5.09. The second-order valence-corrected chi connectivity index (χ2v) is 9.94. The molecule has 1 saturated heterocycles. The van der Waals surface area contributed by atoms with Crippen LogP contribution >= 0.6 is 0 Å². The van der Waals surface area contributed by atoms with Gasteiger partial charge in [0.15, 0.2) is 9.84 Å². The normalized spacial score (nSPS) is 28.6. The molecule has 7 heteroatoms. The van der Waals surface area contributed by atoms with Crippen LogP contribution in [0.15, 0.2) is 0 Å². The van der Waals surface area contributed by atoms with Gasteiger partial charge in [0.2, 0.25) is 10.0 Å². The van der Waals surface area contributed by atoms with Gasteiger partial charge in [-0.15, -0.1) is 0 Å². The highest BCUT2D eigenvalue weighted by Crippen LogP contribution is 2.29. The van der Waals surface area contributed by atoms with Gasteiger partial charge in [0.25, 0.3) is 0 Å². The average molecular weight is 295 g/mol. The fraction of sp³-hybridized carbons (Fsp3) is 1.00. The molecule has 0 bridgehead atoms. The fourth-order valence-electron chi connectivity index (χ4n) is 2.85. The van der Waals surface area contributed by atoms with E-state index in [2.05, 4.69) is 0 Å². The van der Waals surface area contributed by atoms with Gasteiger partial charge in [-0.1, -0.05) is 19.3 Å². The predicted octanol–water partition coefficient (Wildman–Crippen LogP) is 0.768. The molecule has 0 aromatic heterocycles. The Labute approximate surface area is 110 Å². The summed E-state index contributed by atoms with van der Waals surface area (Å²) >= 11 is 0. The molecule has 0 aromatic rings. The third-order valence-electron chi connectivity index (χ3n) is 4.05. The zero-order valence-electron chi connectivity index (χ0n) is 10.7. The zero-order valence-corrected chi connectivity index (χ0v) is 12.3. The van der Waals surface area contributed by atoms with Crippen LogP contribution in [0.1, 0.15) is 38.5 Å². The second-order valence-electron chi connectivity index (χ2n) is 5.40. The number of sulfonamides is 1. The Hall–Kier alpha value is -0.140. The molecule has 0 spiro atoms. The van der Waals surface area contributed by atoms with E-state index in [9.17, 15) is 16.8 Å². The van der Waals surface area contributed by atoms with Gasteiger partial charge in [0.1, 0.15) is 0 Å². The SMILES string of the molecule is CS(=O)(=O)C1CCN(S(=O)(=O)C2CCCCC2)C1. The van der Waals surface area contributed by atoms with E-state index in [4.69, 9.17) is 0 Å². The van der Waals surface area contributed by atoms with Gasteiger partial charge < -0.3 is 0 Å². The van der Waals surface area contributed by atoms with Gasteiger partial charge in [-0.05, 0) is 19.3 Å². The molecular weight excluding hydrogens is 274 g/mol. The largest absolute Gasteiger partial charge is 0.229 e. The van der Waals surface area contributed by atoms with Crippen LogP contribution in [-0.2, 0) is 19.9 Å². The van der Waals surface area contributed by atoms with Crippen molar-refractivity contribution < 1.29 is 16.8 Å². The maximum Gasteiger partial charge on any atom is 0.217 e. The number of hydrogen-bond acceptors (Lipinski definition) is 4. The summed E-state index contributed by atoms with van der Waals surface area (Å²) in [6.07, 6.45) is 6.11. The molecule has 2 fully saturated rings. The van der Waals surface area contributed by atoms with E-state index in [1.165, 1.54) is 10.6 Å². The Kier molecular flexibility index (Phi) is 4.04. The smallest absolute Gasteiger partial charge is 0.217 e. The monoisotopic (exact) mass is 295 g/mol. The summed E-state index contributed by atoms with van der Waals surface area (Å²) < 4.78 is 49.1. The zero-order chi connectivity index (χ0) is 13.4. The Morgan fingerprint density at radius 3 is 2.00 bits per heavy atom. The molecule has 18 heavy (non-hydrogen) atoms. The Morgan fingerprint density at radius 2 is 1.50 bits per heavy atom. The molecule has 1 atom stereocenters. The van der Waals surface area contributed by atoms with E-state index in [0.717, 1.165) is 32.1 Å². The van der Waals surface area contributed by atoms with Crippen molar-refractivity contribution in [3.8, 4) is 0 Å². The third kappa shape index (κ3) is 2.88. The van der Waals surface area contributed by atoms with Gasteiger partial charge >= 0.3 is 0 Å². The molecule has 0 aromatic carbocycles. The summed E-state index contributed by atoms with van der Waals surface area (Å²) in [4.78, 5) is 0. The fourth-order valence-corrected chi connectivity index (χ4v) is 6.03. The Bertz CT molecular complexity index is 491. The molecule has 0 amide bonds. The van der Waals surface area contributed by atoms with Crippen LogP contribution < -0.4 is 0 Å². The first-order valence-corrected chi connectivity index (χ1v) is 9.95. The Balaban J connectivity index is 2.08. The molecule has 0 radical (unpaired) electrons. The van der Waals surface area contributed by atoms with Crippen LogP contribution in [0, 0.1) is 0 Å². The highest BCUT2D eigenvalue weighted by atomic mass is 32.2. The Morgan fingerprint density at radius 1 is 0.889 bits per heavy atom. The van der Waals surface area contributed by atoms with Crippen LogP contribution in [0.25, 0.3) is 0 Å². The minimum Gasteiger partial charge on any atom is -0.229 e. The summed E-state index contributed by atoms with van der Waals surface area (Å²) in [6.45, 7) is 0.508. The lowest BCUT2D eigenvalue weighted by Gasteiger charge is -2.26. The molecule has 106 valence electrons. The van der Waals surface area contributed by atoms with Crippen molar-refractivity contribution in [1.29, 1.82) is 0 Å². The van der Waals surface area contributed by atoms with Gasteiger partial charge in [0.05, 0.1) is 10.5 Å². The maximum absolute atomic E-state index is 12.4. The molecule has 2 aliphatic rings. The highest BCUT2D eigenvalue weighted by molar-refractivity contribution is 7.91. The molecule has 5 nitrogen and oxygen atoms in total. The van der Waals surface area contributed by atoms with Gasteiger partial charge in [0, 0.05) is 19.3 Å². The summed E-state index contributed by atoms with van der Waals surface area (Å²) in [5.74, 6) is 0. The summed E-state index contributed by atoms with van der Waals surface area (Å²) in [5.41, 5.74) is 0. The molecule has 1 saturated carbocycles.